The predicted octanol–water partition coefficient (Wildman–Crippen LogP) is 0.199. The van der Waals surface area contributed by atoms with Gasteiger partial charge in [0.15, 0.2) is 0 Å². The van der Waals surface area contributed by atoms with E-state index in [2.05, 4.69) is 20.8 Å². The molecule has 9 heteroatoms. The average Bonchev–Trinajstić information content (AvgIpc) is 2.98. The number of amides is 4. The van der Waals surface area contributed by atoms with Crippen molar-refractivity contribution in [1.29, 1.82) is 0 Å². The van der Waals surface area contributed by atoms with Crippen LogP contribution >= 0.6 is 11.3 Å². The first kappa shape index (κ1) is 13.4. The lowest BCUT2D eigenvalue weighted by molar-refractivity contribution is -0.138. The normalized spacial score (nSPS) is 14.8. The standard InChI is InChI=1S/C10H13N5O3S/c16-7-2-3-8(17)15(7)5-1-4-11-9(18)13-10-14-12-6-19-10/h6H,1-5H2,(H2,11,13,14,18). The highest BCUT2D eigenvalue weighted by Crippen LogP contribution is 2.11. The van der Waals surface area contributed by atoms with Crippen LogP contribution in [-0.4, -0.2) is 46.0 Å². The molecule has 4 amide bonds. The number of urea groups is 1. The van der Waals surface area contributed by atoms with Gasteiger partial charge in [-0.1, -0.05) is 11.3 Å². The molecule has 1 aromatic rings. The molecule has 1 aliphatic heterocycles. The molecule has 1 aromatic heterocycles. The molecule has 0 spiro atoms. The predicted molar refractivity (Wildman–Crippen MR) is 67.5 cm³/mol. The van der Waals surface area contributed by atoms with E-state index in [4.69, 9.17) is 0 Å². The maximum atomic E-state index is 11.4. The van der Waals surface area contributed by atoms with Gasteiger partial charge in [-0.2, -0.15) is 0 Å². The summed E-state index contributed by atoms with van der Waals surface area (Å²) >= 11 is 1.22. The van der Waals surface area contributed by atoms with Crippen LogP contribution in [0.3, 0.4) is 0 Å². The first-order valence-electron chi connectivity index (χ1n) is 5.81. The fraction of sp³-hybridized carbons (Fsp3) is 0.500. The van der Waals surface area contributed by atoms with E-state index in [0.717, 1.165) is 0 Å². The second-order valence-corrected chi connectivity index (χ2v) is 4.75. The van der Waals surface area contributed by atoms with E-state index < -0.39 is 0 Å². The Morgan fingerprint density at radius 2 is 2.11 bits per heavy atom. The van der Waals surface area contributed by atoms with Gasteiger partial charge in [-0.15, -0.1) is 10.2 Å². The maximum absolute atomic E-state index is 11.4. The second-order valence-electron chi connectivity index (χ2n) is 3.92. The molecule has 1 fully saturated rings. The molecule has 0 saturated carbocycles. The molecule has 1 aliphatic rings. The van der Waals surface area contributed by atoms with Crippen molar-refractivity contribution >= 4 is 34.3 Å². The Bertz CT molecular complexity index is 460. The van der Waals surface area contributed by atoms with Gasteiger partial charge in [-0.3, -0.25) is 19.8 Å². The minimum atomic E-state index is -0.379. The zero-order valence-electron chi connectivity index (χ0n) is 10.1. The largest absolute Gasteiger partial charge is 0.338 e. The fourth-order valence-corrected chi connectivity index (χ4v) is 2.12. The molecule has 2 N–H and O–H groups in total. The van der Waals surface area contributed by atoms with Crippen molar-refractivity contribution in [3.05, 3.63) is 5.51 Å². The van der Waals surface area contributed by atoms with Gasteiger partial charge in [0.2, 0.25) is 16.9 Å². The van der Waals surface area contributed by atoms with E-state index in [9.17, 15) is 14.4 Å². The number of rotatable bonds is 5. The number of imide groups is 1. The second kappa shape index (κ2) is 6.23. The van der Waals surface area contributed by atoms with E-state index in [-0.39, 0.29) is 17.8 Å². The number of nitrogens with one attached hydrogen (secondary N) is 2. The molecule has 8 nitrogen and oxygen atoms in total. The van der Waals surface area contributed by atoms with Gasteiger partial charge in [0, 0.05) is 25.9 Å². The third-order valence-electron chi connectivity index (χ3n) is 2.58. The van der Waals surface area contributed by atoms with Gasteiger partial charge in [0.05, 0.1) is 0 Å². The molecule has 0 aromatic carbocycles. The number of carbonyl (C=O) groups excluding carboxylic acids is 3. The third kappa shape index (κ3) is 3.71. The monoisotopic (exact) mass is 283 g/mol. The van der Waals surface area contributed by atoms with Gasteiger partial charge in [0.1, 0.15) is 5.51 Å². The zero-order chi connectivity index (χ0) is 13.7. The van der Waals surface area contributed by atoms with Gasteiger partial charge in [-0.25, -0.2) is 4.79 Å². The van der Waals surface area contributed by atoms with Crippen molar-refractivity contribution in [3.8, 4) is 0 Å². The lowest BCUT2D eigenvalue weighted by Crippen LogP contribution is -2.34. The summed E-state index contributed by atoms with van der Waals surface area (Å²) < 4.78 is 0. The van der Waals surface area contributed by atoms with Gasteiger partial charge in [-0.05, 0) is 6.42 Å². The van der Waals surface area contributed by atoms with Crippen LogP contribution in [0.4, 0.5) is 9.93 Å². The summed E-state index contributed by atoms with van der Waals surface area (Å²) in [7, 11) is 0. The molecular formula is C10H13N5O3S. The van der Waals surface area contributed by atoms with Crippen molar-refractivity contribution in [2.24, 2.45) is 0 Å². The summed E-state index contributed by atoms with van der Waals surface area (Å²) in [6.07, 6.45) is 1.12. The highest BCUT2D eigenvalue weighted by atomic mass is 32.1. The van der Waals surface area contributed by atoms with Crippen LogP contribution in [0.1, 0.15) is 19.3 Å². The first-order valence-corrected chi connectivity index (χ1v) is 6.69. The summed E-state index contributed by atoms with van der Waals surface area (Å²) in [5.74, 6) is -0.272. The van der Waals surface area contributed by atoms with Crippen LogP contribution < -0.4 is 10.6 Å². The third-order valence-corrected chi connectivity index (χ3v) is 3.19. The molecule has 2 rings (SSSR count). The Kier molecular flexibility index (Phi) is 4.39. The Morgan fingerprint density at radius 1 is 1.37 bits per heavy atom. The van der Waals surface area contributed by atoms with Crippen molar-refractivity contribution in [2.75, 3.05) is 18.4 Å². The van der Waals surface area contributed by atoms with Crippen LogP contribution in [0.25, 0.3) is 0 Å². The Morgan fingerprint density at radius 3 is 2.74 bits per heavy atom. The van der Waals surface area contributed by atoms with Crippen LogP contribution in [0.5, 0.6) is 0 Å². The molecule has 0 atom stereocenters. The van der Waals surface area contributed by atoms with Crippen LogP contribution in [0, 0.1) is 0 Å². The van der Waals surface area contributed by atoms with Crippen LogP contribution in [0.2, 0.25) is 0 Å². The number of hydrogen-bond donors (Lipinski definition) is 2. The van der Waals surface area contributed by atoms with Gasteiger partial charge in [0.25, 0.3) is 0 Å². The number of nitrogens with zero attached hydrogens (tertiary/aromatic N) is 3. The molecule has 0 radical (unpaired) electrons. The number of likely N-dealkylation sites (tertiary alicyclic amines) is 1. The maximum Gasteiger partial charge on any atom is 0.321 e. The number of anilines is 1. The number of hydrogen-bond acceptors (Lipinski definition) is 6. The molecule has 0 bridgehead atoms. The zero-order valence-corrected chi connectivity index (χ0v) is 10.9. The molecular weight excluding hydrogens is 270 g/mol. The number of aromatic nitrogens is 2. The topological polar surface area (TPSA) is 104 Å². The minimum Gasteiger partial charge on any atom is -0.338 e. The average molecular weight is 283 g/mol. The highest BCUT2D eigenvalue weighted by molar-refractivity contribution is 7.13. The molecule has 0 unspecified atom stereocenters. The van der Waals surface area contributed by atoms with Crippen molar-refractivity contribution in [1.82, 2.24) is 20.4 Å². The van der Waals surface area contributed by atoms with Crippen molar-refractivity contribution in [3.63, 3.8) is 0 Å². The lowest BCUT2D eigenvalue weighted by atomic mass is 10.4. The van der Waals surface area contributed by atoms with E-state index in [1.165, 1.54) is 21.7 Å². The Labute approximate surface area is 113 Å². The molecule has 1 saturated heterocycles. The van der Waals surface area contributed by atoms with Gasteiger partial charge >= 0.3 is 6.03 Å². The lowest BCUT2D eigenvalue weighted by Gasteiger charge is -2.13. The first-order chi connectivity index (χ1) is 9.16. The summed E-state index contributed by atoms with van der Waals surface area (Å²) in [6, 6.07) is -0.379. The van der Waals surface area contributed by atoms with Crippen molar-refractivity contribution < 1.29 is 14.4 Å². The van der Waals surface area contributed by atoms with E-state index in [0.29, 0.717) is 37.5 Å². The van der Waals surface area contributed by atoms with E-state index in [1.54, 1.807) is 0 Å². The fourth-order valence-electron chi connectivity index (χ4n) is 1.68. The number of carbonyl (C=O) groups is 3. The van der Waals surface area contributed by atoms with E-state index in [1.807, 2.05) is 0 Å². The summed E-state index contributed by atoms with van der Waals surface area (Å²) in [4.78, 5) is 35.3. The minimum absolute atomic E-state index is 0.136. The Hall–Kier alpha value is -2.03. The smallest absolute Gasteiger partial charge is 0.321 e. The van der Waals surface area contributed by atoms with Crippen LogP contribution in [0.15, 0.2) is 5.51 Å². The van der Waals surface area contributed by atoms with Gasteiger partial charge < -0.3 is 5.32 Å². The molecule has 2 heterocycles. The van der Waals surface area contributed by atoms with Crippen LogP contribution in [-0.2, 0) is 9.59 Å². The summed E-state index contributed by atoms with van der Waals surface area (Å²) in [5.41, 5.74) is 1.51. The molecule has 0 aliphatic carbocycles. The quantitative estimate of drug-likeness (QED) is 0.593. The SMILES string of the molecule is O=C(NCCCN1C(=O)CCC1=O)Nc1nncs1. The molecule has 102 valence electrons. The Balaban J connectivity index is 1.63. The highest BCUT2D eigenvalue weighted by Gasteiger charge is 2.27. The van der Waals surface area contributed by atoms with E-state index >= 15 is 0 Å². The summed E-state index contributed by atoms with van der Waals surface area (Å²) in [6.45, 7) is 0.721. The van der Waals surface area contributed by atoms with Crippen molar-refractivity contribution in [2.45, 2.75) is 19.3 Å². The summed E-state index contributed by atoms with van der Waals surface area (Å²) in [5, 5.41) is 12.8. The molecule has 19 heavy (non-hydrogen) atoms.